The standard InChI is InChI=1S/C13H24N2O5/c1-5-9(6-2)15(3)13(19)14-10(12(17)18)7-8-11(16)20-4/h9-10H,5-8H2,1-4H3,(H,14,19)(H,17,18)/t10-/m0/s1. The number of esters is 1. The summed E-state index contributed by atoms with van der Waals surface area (Å²) in [6.07, 6.45) is 1.54. The van der Waals surface area contributed by atoms with Gasteiger partial charge in [0, 0.05) is 19.5 Å². The average Bonchev–Trinajstić information content (AvgIpc) is 2.43. The van der Waals surface area contributed by atoms with Crippen LogP contribution in [0.2, 0.25) is 0 Å². The zero-order chi connectivity index (χ0) is 15.7. The number of urea groups is 1. The number of carbonyl (C=O) groups excluding carboxylic acids is 2. The van der Waals surface area contributed by atoms with E-state index in [1.165, 1.54) is 12.0 Å². The van der Waals surface area contributed by atoms with Crippen LogP contribution in [0.4, 0.5) is 4.79 Å². The van der Waals surface area contributed by atoms with Crippen LogP contribution in [0.5, 0.6) is 0 Å². The van der Waals surface area contributed by atoms with Crippen molar-refractivity contribution in [2.75, 3.05) is 14.2 Å². The van der Waals surface area contributed by atoms with Crippen LogP contribution in [-0.4, -0.2) is 54.2 Å². The molecule has 0 rings (SSSR count). The lowest BCUT2D eigenvalue weighted by atomic mass is 10.1. The largest absolute Gasteiger partial charge is 0.480 e. The third-order valence-corrected chi connectivity index (χ3v) is 3.27. The number of nitrogens with zero attached hydrogens (tertiary/aromatic N) is 1. The van der Waals surface area contributed by atoms with Crippen LogP contribution < -0.4 is 5.32 Å². The Kier molecular flexibility index (Phi) is 8.35. The molecular weight excluding hydrogens is 264 g/mol. The van der Waals surface area contributed by atoms with Crippen LogP contribution in [0, 0.1) is 0 Å². The molecule has 7 nitrogen and oxygen atoms in total. The van der Waals surface area contributed by atoms with Gasteiger partial charge in [0.1, 0.15) is 6.04 Å². The van der Waals surface area contributed by atoms with Crippen molar-refractivity contribution in [1.82, 2.24) is 10.2 Å². The number of hydrogen-bond acceptors (Lipinski definition) is 4. The highest BCUT2D eigenvalue weighted by atomic mass is 16.5. The monoisotopic (exact) mass is 288 g/mol. The molecule has 0 saturated carbocycles. The van der Waals surface area contributed by atoms with Gasteiger partial charge in [0.2, 0.25) is 0 Å². The summed E-state index contributed by atoms with van der Waals surface area (Å²) in [5.74, 6) is -1.67. The minimum Gasteiger partial charge on any atom is -0.480 e. The maximum atomic E-state index is 12.0. The second kappa shape index (κ2) is 9.17. The molecular formula is C13H24N2O5. The Balaban J connectivity index is 4.54. The van der Waals surface area contributed by atoms with E-state index < -0.39 is 24.0 Å². The molecule has 0 aliphatic rings. The van der Waals surface area contributed by atoms with Gasteiger partial charge in [-0.2, -0.15) is 0 Å². The second-order valence-corrected chi connectivity index (χ2v) is 4.54. The highest BCUT2D eigenvalue weighted by Crippen LogP contribution is 2.07. The number of nitrogens with one attached hydrogen (secondary N) is 1. The first-order chi connectivity index (χ1) is 9.37. The number of rotatable bonds is 8. The maximum Gasteiger partial charge on any atom is 0.326 e. The van der Waals surface area contributed by atoms with Crippen LogP contribution in [0.15, 0.2) is 0 Å². The number of hydrogen-bond donors (Lipinski definition) is 2. The highest BCUT2D eigenvalue weighted by Gasteiger charge is 2.24. The van der Waals surface area contributed by atoms with E-state index in [4.69, 9.17) is 5.11 Å². The van der Waals surface area contributed by atoms with Crippen molar-refractivity contribution in [3.8, 4) is 0 Å². The van der Waals surface area contributed by atoms with Crippen LogP contribution in [0.3, 0.4) is 0 Å². The van der Waals surface area contributed by atoms with Crippen molar-refractivity contribution in [1.29, 1.82) is 0 Å². The van der Waals surface area contributed by atoms with E-state index in [0.29, 0.717) is 0 Å². The van der Waals surface area contributed by atoms with Crippen LogP contribution >= 0.6 is 0 Å². The molecule has 7 heteroatoms. The van der Waals surface area contributed by atoms with Crippen molar-refractivity contribution in [2.24, 2.45) is 0 Å². The summed E-state index contributed by atoms with van der Waals surface area (Å²) in [6, 6.07) is -1.49. The fourth-order valence-electron chi connectivity index (χ4n) is 1.87. The third kappa shape index (κ3) is 5.90. The van der Waals surface area contributed by atoms with E-state index in [0.717, 1.165) is 12.8 Å². The average molecular weight is 288 g/mol. The number of carbonyl (C=O) groups is 3. The SMILES string of the molecule is CCC(CC)N(C)C(=O)N[C@@H](CCC(=O)OC)C(=O)O. The Morgan fingerprint density at radius 1 is 1.25 bits per heavy atom. The Hall–Kier alpha value is -1.79. The molecule has 2 amide bonds. The molecule has 0 aromatic rings. The van der Waals surface area contributed by atoms with Crippen molar-refractivity contribution >= 4 is 18.0 Å². The van der Waals surface area contributed by atoms with Crippen LogP contribution in [0.25, 0.3) is 0 Å². The fourth-order valence-corrected chi connectivity index (χ4v) is 1.87. The van der Waals surface area contributed by atoms with E-state index in [-0.39, 0.29) is 18.9 Å². The van der Waals surface area contributed by atoms with Gasteiger partial charge in [0.05, 0.1) is 7.11 Å². The van der Waals surface area contributed by atoms with E-state index >= 15 is 0 Å². The smallest absolute Gasteiger partial charge is 0.326 e. The molecule has 0 bridgehead atoms. The molecule has 0 spiro atoms. The lowest BCUT2D eigenvalue weighted by Crippen LogP contribution is -2.49. The third-order valence-electron chi connectivity index (χ3n) is 3.27. The van der Waals surface area contributed by atoms with Gasteiger partial charge in [-0.3, -0.25) is 4.79 Å². The number of amides is 2. The van der Waals surface area contributed by atoms with Gasteiger partial charge < -0.3 is 20.1 Å². The van der Waals surface area contributed by atoms with Gasteiger partial charge >= 0.3 is 18.0 Å². The van der Waals surface area contributed by atoms with Gasteiger partial charge in [0.25, 0.3) is 0 Å². The lowest BCUT2D eigenvalue weighted by molar-refractivity contribution is -0.142. The first-order valence-electron chi connectivity index (χ1n) is 6.70. The first-order valence-corrected chi connectivity index (χ1v) is 6.70. The van der Waals surface area contributed by atoms with E-state index in [1.807, 2.05) is 13.8 Å². The molecule has 0 fully saturated rings. The minimum absolute atomic E-state index is 0.00447. The predicted molar refractivity (Wildman–Crippen MR) is 73.3 cm³/mol. The lowest BCUT2D eigenvalue weighted by Gasteiger charge is -2.28. The summed E-state index contributed by atoms with van der Waals surface area (Å²) in [4.78, 5) is 35.6. The Morgan fingerprint density at radius 3 is 2.20 bits per heavy atom. The van der Waals surface area contributed by atoms with Gasteiger partial charge in [-0.25, -0.2) is 9.59 Å². The van der Waals surface area contributed by atoms with Gasteiger partial charge in [-0.15, -0.1) is 0 Å². The molecule has 0 unspecified atom stereocenters. The first kappa shape index (κ1) is 18.2. The predicted octanol–water partition coefficient (Wildman–Crippen LogP) is 1.22. The number of ether oxygens (including phenoxy) is 1. The van der Waals surface area contributed by atoms with Crippen molar-refractivity contribution in [2.45, 2.75) is 51.6 Å². The molecule has 1 atom stereocenters. The van der Waals surface area contributed by atoms with Crippen LogP contribution in [-0.2, 0) is 14.3 Å². The van der Waals surface area contributed by atoms with E-state index in [9.17, 15) is 14.4 Å². The molecule has 0 radical (unpaired) electrons. The number of carboxylic acid groups (broad SMARTS) is 1. The van der Waals surface area contributed by atoms with E-state index in [1.54, 1.807) is 7.05 Å². The van der Waals surface area contributed by atoms with E-state index in [2.05, 4.69) is 10.1 Å². The van der Waals surface area contributed by atoms with Gasteiger partial charge in [-0.05, 0) is 19.3 Å². The topological polar surface area (TPSA) is 95.9 Å². The zero-order valence-electron chi connectivity index (χ0n) is 12.5. The second-order valence-electron chi connectivity index (χ2n) is 4.54. The molecule has 0 aliphatic heterocycles. The minimum atomic E-state index is -1.17. The summed E-state index contributed by atoms with van der Waals surface area (Å²) in [7, 11) is 2.86. The number of carboxylic acids is 1. The molecule has 2 N–H and O–H groups in total. The van der Waals surface area contributed by atoms with Crippen molar-refractivity contribution in [3.63, 3.8) is 0 Å². The van der Waals surface area contributed by atoms with Crippen molar-refractivity contribution in [3.05, 3.63) is 0 Å². The summed E-state index contributed by atoms with van der Waals surface area (Å²) < 4.78 is 4.45. The van der Waals surface area contributed by atoms with Crippen molar-refractivity contribution < 1.29 is 24.2 Å². The summed E-state index contributed by atoms with van der Waals surface area (Å²) in [5, 5.41) is 11.5. The molecule has 0 aromatic carbocycles. The quantitative estimate of drug-likeness (QED) is 0.655. The Bertz CT molecular complexity index is 342. The maximum absolute atomic E-state index is 12.0. The highest BCUT2D eigenvalue weighted by molar-refractivity contribution is 5.83. The normalized spacial score (nSPS) is 11.8. The molecule has 116 valence electrons. The van der Waals surface area contributed by atoms with Crippen LogP contribution in [0.1, 0.15) is 39.5 Å². The molecule has 0 aromatic heterocycles. The summed E-state index contributed by atoms with van der Waals surface area (Å²) in [5.41, 5.74) is 0. The van der Waals surface area contributed by atoms with Gasteiger partial charge in [-0.1, -0.05) is 13.8 Å². The van der Waals surface area contributed by atoms with Gasteiger partial charge in [0.15, 0.2) is 0 Å². The molecule has 20 heavy (non-hydrogen) atoms. The fraction of sp³-hybridized carbons (Fsp3) is 0.769. The zero-order valence-corrected chi connectivity index (χ0v) is 12.5. The molecule has 0 heterocycles. The Morgan fingerprint density at radius 2 is 1.80 bits per heavy atom. The number of methoxy groups -OCH3 is 1. The summed E-state index contributed by atoms with van der Waals surface area (Å²) in [6.45, 7) is 3.92. The molecule has 0 saturated heterocycles. The summed E-state index contributed by atoms with van der Waals surface area (Å²) >= 11 is 0. The number of aliphatic carboxylic acids is 1. The molecule has 0 aliphatic carbocycles. The Labute approximate surface area is 119 Å².